The normalized spacial score (nSPS) is 12.1. The van der Waals surface area contributed by atoms with Crippen molar-refractivity contribution in [1.29, 1.82) is 0 Å². The fourth-order valence-electron chi connectivity index (χ4n) is 1.77. The van der Waals surface area contributed by atoms with Gasteiger partial charge in [0.1, 0.15) is 5.69 Å². The highest BCUT2D eigenvalue weighted by Gasteiger charge is 2.11. The van der Waals surface area contributed by atoms with E-state index >= 15 is 0 Å². The molecule has 1 unspecified atom stereocenters. The Bertz CT molecular complexity index is 520. The van der Waals surface area contributed by atoms with Crippen molar-refractivity contribution < 1.29 is 9.90 Å². The van der Waals surface area contributed by atoms with Gasteiger partial charge in [-0.05, 0) is 17.7 Å². The summed E-state index contributed by atoms with van der Waals surface area (Å²) in [5.74, 6) is -0.183. The summed E-state index contributed by atoms with van der Waals surface area (Å²) < 4.78 is 1.74. The second-order valence-corrected chi connectivity index (χ2v) is 4.14. The molecule has 94 valence electrons. The summed E-state index contributed by atoms with van der Waals surface area (Å²) in [5, 5.41) is 12.6. The Balaban J connectivity index is 1.93. The lowest BCUT2D eigenvalue weighted by atomic mass is 10.1. The average Bonchev–Trinajstić information content (AvgIpc) is 2.83. The number of amides is 1. The lowest BCUT2D eigenvalue weighted by molar-refractivity contribution is 0.0908. The molecule has 0 aliphatic heterocycles. The van der Waals surface area contributed by atoms with Crippen LogP contribution in [0.25, 0.3) is 0 Å². The van der Waals surface area contributed by atoms with Crippen molar-refractivity contribution in [3.8, 4) is 0 Å². The molecule has 18 heavy (non-hydrogen) atoms. The van der Waals surface area contributed by atoms with Gasteiger partial charge in [0.2, 0.25) is 0 Å². The number of aliphatic hydroxyl groups is 1. The highest BCUT2D eigenvalue weighted by molar-refractivity contribution is 5.92. The SMILES string of the molecule is Cn1cccc1C(=O)NCC(O)c1ccccc1. The summed E-state index contributed by atoms with van der Waals surface area (Å²) in [6.07, 6.45) is 1.12. The van der Waals surface area contributed by atoms with Gasteiger partial charge in [0.05, 0.1) is 6.10 Å². The van der Waals surface area contributed by atoms with Crippen molar-refractivity contribution in [3.63, 3.8) is 0 Å². The van der Waals surface area contributed by atoms with Crippen LogP contribution < -0.4 is 5.32 Å². The van der Waals surface area contributed by atoms with E-state index in [4.69, 9.17) is 0 Å². The van der Waals surface area contributed by atoms with Gasteiger partial charge in [-0.1, -0.05) is 30.3 Å². The van der Waals surface area contributed by atoms with Crippen LogP contribution in [0.5, 0.6) is 0 Å². The van der Waals surface area contributed by atoms with Gasteiger partial charge in [-0.2, -0.15) is 0 Å². The molecule has 1 amide bonds. The zero-order valence-electron chi connectivity index (χ0n) is 10.2. The number of aliphatic hydroxyl groups excluding tert-OH is 1. The molecular formula is C14H16N2O2. The smallest absolute Gasteiger partial charge is 0.267 e. The molecule has 0 aliphatic carbocycles. The molecule has 0 aliphatic rings. The zero-order valence-corrected chi connectivity index (χ0v) is 10.2. The highest BCUT2D eigenvalue weighted by atomic mass is 16.3. The summed E-state index contributed by atoms with van der Waals surface area (Å²) in [6.45, 7) is 0.202. The second kappa shape index (κ2) is 5.51. The first-order chi connectivity index (χ1) is 8.68. The third kappa shape index (κ3) is 2.78. The molecular weight excluding hydrogens is 228 g/mol. The Morgan fingerprint density at radius 1 is 1.28 bits per heavy atom. The summed E-state index contributed by atoms with van der Waals surface area (Å²) in [6, 6.07) is 12.8. The predicted molar refractivity (Wildman–Crippen MR) is 69.1 cm³/mol. The van der Waals surface area contributed by atoms with Crippen LogP contribution in [0.2, 0.25) is 0 Å². The number of carbonyl (C=O) groups is 1. The van der Waals surface area contributed by atoms with Crippen molar-refractivity contribution in [3.05, 3.63) is 59.9 Å². The number of nitrogens with one attached hydrogen (secondary N) is 1. The van der Waals surface area contributed by atoms with Gasteiger partial charge < -0.3 is 15.0 Å². The van der Waals surface area contributed by atoms with E-state index < -0.39 is 6.10 Å². The maximum absolute atomic E-state index is 11.8. The van der Waals surface area contributed by atoms with E-state index in [1.165, 1.54) is 0 Å². The molecule has 2 rings (SSSR count). The van der Waals surface area contributed by atoms with Gasteiger partial charge >= 0.3 is 0 Å². The molecule has 0 radical (unpaired) electrons. The van der Waals surface area contributed by atoms with Gasteiger partial charge in [0, 0.05) is 19.8 Å². The number of aryl methyl sites for hydroxylation is 1. The third-order valence-corrected chi connectivity index (χ3v) is 2.82. The van der Waals surface area contributed by atoms with Crippen molar-refractivity contribution in [1.82, 2.24) is 9.88 Å². The van der Waals surface area contributed by atoms with Crippen LogP contribution in [0.3, 0.4) is 0 Å². The largest absolute Gasteiger partial charge is 0.387 e. The minimum atomic E-state index is -0.685. The maximum atomic E-state index is 11.8. The van der Waals surface area contributed by atoms with Crippen LogP contribution in [0, 0.1) is 0 Å². The molecule has 0 saturated heterocycles. The fraction of sp³-hybridized carbons (Fsp3) is 0.214. The van der Waals surface area contributed by atoms with Gasteiger partial charge in [-0.25, -0.2) is 0 Å². The van der Waals surface area contributed by atoms with E-state index in [9.17, 15) is 9.90 Å². The topological polar surface area (TPSA) is 54.3 Å². The first kappa shape index (κ1) is 12.4. The van der Waals surface area contributed by atoms with Crippen LogP contribution in [0.4, 0.5) is 0 Å². The van der Waals surface area contributed by atoms with E-state index in [-0.39, 0.29) is 12.5 Å². The van der Waals surface area contributed by atoms with E-state index in [1.54, 1.807) is 10.6 Å². The van der Waals surface area contributed by atoms with E-state index in [2.05, 4.69) is 5.32 Å². The van der Waals surface area contributed by atoms with Crippen molar-refractivity contribution in [2.24, 2.45) is 7.05 Å². The lowest BCUT2D eigenvalue weighted by Crippen LogP contribution is -2.29. The Kier molecular flexibility index (Phi) is 3.79. The van der Waals surface area contributed by atoms with Crippen LogP contribution >= 0.6 is 0 Å². The Morgan fingerprint density at radius 2 is 2.00 bits per heavy atom. The Labute approximate surface area is 106 Å². The standard InChI is InChI=1S/C14H16N2O2/c1-16-9-5-8-12(16)14(18)15-10-13(17)11-6-3-2-4-7-11/h2-9,13,17H,10H2,1H3,(H,15,18). The second-order valence-electron chi connectivity index (χ2n) is 4.14. The summed E-state index contributed by atoms with van der Waals surface area (Å²) in [7, 11) is 1.81. The Hall–Kier alpha value is -2.07. The highest BCUT2D eigenvalue weighted by Crippen LogP contribution is 2.10. The third-order valence-electron chi connectivity index (χ3n) is 2.82. The maximum Gasteiger partial charge on any atom is 0.267 e. The molecule has 1 heterocycles. The summed E-state index contributed by atoms with van der Waals surface area (Å²) in [5.41, 5.74) is 1.37. The predicted octanol–water partition coefficient (Wildman–Crippen LogP) is 1.49. The monoisotopic (exact) mass is 244 g/mol. The first-order valence-corrected chi connectivity index (χ1v) is 5.81. The number of aromatic nitrogens is 1. The van der Waals surface area contributed by atoms with E-state index in [0.29, 0.717) is 5.69 Å². The molecule has 0 bridgehead atoms. The molecule has 2 N–H and O–H groups in total. The molecule has 4 heteroatoms. The number of rotatable bonds is 4. The number of hydrogen-bond donors (Lipinski definition) is 2. The van der Waals surface area contributed by atoms with E-state index in [0.717, 1.165) is 5.56 Å². The van der Waals surface area contributed by atoms with Gasteiger partial charge in [-0.15, -0.1) is 0 Å². The first-order valence-electron chi connectivity index (χ1n) is 5.81. The molecule has 0 fully saturated rings. The number of hydrogen-bond acceptors (Lipinski definition) is 2. The molecule has 2 aromatic rings. The summed E-state index contributed by atoms with van der Waals surface area (Å²) >= 11 is 0. The van der Waals surface area contributed by atoms with Crippen molar-refractivity contribution in [2.75, 3.05) is 6.54 Å². The molecule has 0 saturated carbocycles. The number of carbonyl (C=O) groups excluding carboxylic acids is 1. The van der Waals surface area contributed by atoms with Crippen LogP contribution in [0.1, 0.15) is 22.2 Å². The van der Waals surface area contributed by atoms with Crippen molar-refractivity contribution in [2.45, 2.75) is 6.10 Å². The average molecular weight is 244 g/mol. The van der Waals surface area contributed by atoms with E-state index in [1.807, 2.05) is 49.6 Å². The molecule has 4 nitrogen and oxygen atoms in total. The van der Waals surface area contributed by atoms with Gasteiger partial charge in [0.25, 0.3) is 5.91 Å². The van der Waals surface area contributed by atoms with Crippen molar-refractivity contribution >= 4 is 5.91 Å². The van der Waals surface area contributed by atoms with Gasteiger partial charge in [-0.3, -0.25) is 4.79 Å². The molecule has 0 spiro atoms. The summed E-state index contributed by atoms with van der Waals surface area (Å²) in [4.78, 5) is 11.8. The van der Waals surface area contributed by atoms with Crippen LogP contribution in [-0.2, 0) is 7.05 Å². The van der Waals surface area contributed by atoms with Crippen LogP contribution in [0.15, 0.2) is 48.7 Å². The van der Waals surface area contributed by atoms with Gasteiger partial charge in [0.15, 0.2) is 0 Å². The number of benzene rings is 1. The lowest BCUT2D eigenvalue weighted by Gasteiger charge is -2.12. The quantitative estimate of drug-likeness (QED) is 0.856. The molecule has 1 aromatic heterocycles. The minimum absolute atomic E-state index is 0.183. The molecule has 1 aromatic carbocycles. The van der Waals surface area contributed by atoms with Crippen LogP contribution in [-0.4, -0.2) is 22.1 Å². The molecule has 1 atom stereocenters. The number of nitrogens with zero attached hydrogens (tertiary/aromatic N) is 1. The fourth-order valence-corrected chi connectivity index (χ4v) is 1.77. The minimum Gasteiger partial charge on any atom is -0.387 e. The Morgan fingerprint density at radius 3 is 2.61 bits per heavy atom. The zero-order chi connectivity index (χ0) is 13.0.